The molecule has 0 aromatic carbocycles. The summed E-state index contributed by atoms with van der Waals surface area (Å²) in [4.78, 5) is 6.26. The van der Waals surface area contributed by atoms with Crippen LogP contribution in [0.4, 0.5) is 5.82 Å². The maximum absolute atomic E-state index is 4.16. The summed E-state index contributed by atoms with van der Waals surface area (Å²) < 4.78 is 0. The number of rotatable bonds is 3. The number of hydrogen-bond donors (Lipinski definition) is 1. The molecule has 0 saturated carbocycles. The molecule has 12 heavy (non-hydrogen) atoms. The summed E-state index contributed by atoms with van der Waals surface area (Å²) >= 11 is 0. The molecule has 0 radical (unpaired) electrons. The van der Waals surface area contributed by atoms with Gasteiger partial charge in [-0.15, -0.1) is 0 Å². The van der Waals surface area contributed by atoms with Crippen molar-refractivity contribution in [1.29, 1.82) is 0 Å². The van der Waals surface area contributed by atoms with Crippen LogP contribution in [-0.4, -0.2) is 30.1 Å². The van der Waals surface area contributed by atoms with Crippen LogP contribution in [0, 0.1) is 0 Å². The van der Waals surface area contributed by atoms with Crippen molar-refractivity contribution in [3.05, 3.63) is 24.4 Å². The van der Waals surface area contributed by atoms with E-state index in [1.807, 2.05) is 32.3 Å². The minimum atomic E-state index is 0.305. The Bertz CT molecular complexity index is 220. The third kappa shape index (κ3) is 2.51. The molecule has 0 aliphatic carbocycles. The van der Waals surface area contributed by atoms with Crippen molar-refractivity contribution >= 4 is 5.82 Å². The van der Waals surface area contributed by atoms with Crippen LogP contribution in [-0.2, 0) is 0 Å². The van der Waals surface area contributed by atoms with Crippen LogP contribution in [0.25, 0.3) is 0 Å². The van der Waals surface area contributed by atoms with Gasteiger partial charge in [0.25, 0.3) is 0 Å². The monoisotopic (exact) mass is 165 g/mol. The number of aromatic nitrogens is 1. The molecule has 1 heterocycles. The number of pyridine rings is 1. The quantitative estimate of drug-likeness (QED) is 0.686. The molecule has 1 unspecified atom stereocenters. The van der Waals surface area contributed by atoms with E-state index in [9.17, 15) is 0 Å². The Morgan fingerprint density at radius 1 is 1.42 bits per heavy atom. The highest BCUT2D eigenvalue weighted by Gasteiger charge is 2.02. The second kappa shape index (κ2) is 4.07. The van der Waals surface area contributed by atoms with Gasteiger partial charge in [-0.1, -0.05) is 6.07 Å². The predicted molar refractivity (Wildman–Crippen MR) is 51.0 cm³/mol. The van der Waals surface area contributed by atoms with Gasteiger partial charge < -0.3 is 5.32 Å². The van der Waals surface area contributed by atoms with E-state index in [4.69, 9.17) is 0 Å². The van der Waals surface area contributed by atoms with E-state index in [1.165, 1.54) is 0 Å². The van der Waals surface area contributed by atoms with Gasteiger partial charge in [-0.3, -0.25) is 4.90 Å². The Labute approximate surface area is 73.4 Å². The lowest BCUT2D eigenvalue weighted by atomic mass is 10.4. The first kappa shape index (κ1) is 9.00. The summed E-state index contributed by atoms with van der Waals surface area (Å²) in [7, 11) is 4.06. The van der Waals surface area contributed by atoms with Crippen LogP contribution in [0.1, 0.15) is 6.92 Å². The van der Waals surface area contributed by atoms with Crippen LogP contribution < -0.4 is 5.32 Å². The van der Waals surface area contributed by atoms with Crippen molar-refractivity contribution in [2.24, 2.45) is 0 Å². The molecule has 66 valence electrons. The van der Waals surface area contributed by atoms with E-state index < -0.39 is 0 Å². The summed E-state index contributed by atoms with van der Waals surface area (Å²) in [5.74, 6) is 0.915. The number of nitrogens with zero attached hydrogens (tertiary/aromatic N) is 2. The molecule has 1 atom stereocenters. The van der Waals surface area contributed by atoms with Gasteiger partial charge in [0.15, 0.2) is 0 Å². The number of anilines is 1. The lowest BCUT2D eigenvalue weighted by Gasteiger charge is -2.21. The molecule has 1 aromatic heterocycles. The highest BCUT2D eigenvalue weighted by molar-refractivity contribution is 5.33. The molecule has 0 aliphatic heterocycles. The Hall–Kier alpha value is -1.09. The second-order valence-corrected chi connectivity index (χ2v) is 3.00. The molecule has 1 aromatic rings. The molecule has 1 N–H and O–H groups in total. The minimum Gasteiger partial charge on any atom is -0.355 e. The fourth-order valence-electron chi connectivity index (χ4n) is 0.791. The van der Waals surface area contributed by atoms with Crippen molar-refractivity contribution in [3.63, 3.8) is 0 Å². The Morgan fingerprint density at radius 2 is 2.17 bits per heavy atom. The van der Waals surface area contributed by atoms with Crippen molar-refractivity contribution in [2.45, 2.75) is 13.1 Å². The van der Waals surface area contributed by atoms with E-state index >= 15 is 0 Å². The van der Waals surface area contributed by atoms with Crippen molar-refractivity contribution in [1.82, 2.24) is 9.88 Å². The fraction of sp³-hybridized carbons (Fsp3) is 0.444. The smallest absolute Gasteiger partial charge is 0.127 e. The predicted octanol–water partition coefficient (Wildman–Crippen LogP) is 1.40. The van der Waals surface area contributed by atoms with Crippen molar-refractivity contribution in [2.75, 3.05) is 19.4 Å². The average Bonchev–Trinajstić information content (AvgIpc) is 2.06. The van der Waals surface area contributed by atoms with Gasteiger partial charge in [-0.25, -0.2) is 4.98 Å². The topological polar surface area (TPSA) is 28.2 Å². The van der Waals surface area contributed by atoms with Crippen LogP contribution >= 0.6 is 0 Å². The summed E-state index contributed by atoms with van der Waals surface area (Å²) in [6.45, 7) is 2.09. The number of hydrogen-bond acceptors (Lipinski definition) is 3. The van der Waals surface area contributed by atoms with Gasteiger partial charge in [-0.2, -0.15) is 0 Å². The van der Waals surface area contributed by atoms with Crippen LogP contribution in [0.5, 0.6) is 0 Å². The first-order valence-electron chi connectivity index (χ1n) is 4.04. The molecule has 0 aliphatic rings. The lowest BCUT2D eigenvalue weighted by Crippen LogP contribution is -2.32. The molecule has 3 heteroatoms. The van der Waals surface area contributed by atoms with E-state index in [2.05, 4.69) is 22.1 Å². The maximum atomic E-state index is 4.16. The van der Waals surface area contributed by atoms with Gasteiger partial charge in [0.1, 0.15) is 5.82 Å². The molecule has 3 nitrogen and oxygen atoms in total. The largest absolute Gasteiger partial charge is 0.355 e. The normalized spacial score (nSPS) is 13.0. The zero-order valence-corrected chi connectivity index (χ0v) is 7.78. The fourth-order valence-corrected chi connectivity index (χ4v) is 0.791. The molecular formula is C9H15N3. The van der Waals surface area contributed by atoms with Crippen LogP contribution in [0.3, 0.4) is 0 Å². The average molecular weight is 165 g/mol. The SMILES string of the molecule is CC(Nc1ccccn1)N(C)C. The Balaban J connectivity index is 2.53. The Kier molecular flexibility index (Phi) is 3.05. The highest BCUT2D eigenvalue weighted by atomic mass is 15.2. The van der Waals surface area contributed by atoms with Gasteiger partial charge in [-0.05, 0) is 33.2 Å². The molecule has 0 fully saturated rings. The molecular weight excluding hydrogens is 150 g/mol. The van der Waals surface area contributed by atoms with Gasteiger partial charge in [0.05, 0.1) is 6.17 Å². The summed E-state index contributed by atoms with van der Waals surface area (Å²) in [5.41, 5.74) is 0. The maximum Gasteiger partial charge on any atom is 0.127 e. The van der Waals surface area contributed by atoms with Crippen molar-refractivity contribution in [3.8, 4) is 0 Å². The van der Waals surface area contributed by atoms with E-state index in [0.29, 0.717) is 6.17 Å². The molecule has 0 spiro atoms. The summed E-state index contributed by atoms with van der Waals surface area (Å²) in [6.07, 6.45) is 2.09. The molecule has 0 bridgehead atoms. The summed E-state index contributed by atoms with van der Waals surface area (Å²) in [6, 6.07) is 5.84. The molecule has 1 rings (SSSR count). The lowest BCUT2D eigenvalue weighted by molar-refractivity contribution is 0.343. The third-order valence-corrected chi connectivity index (χ3v) is 1.80. The molecule has 0 amide bonds. The first-order chi connectivity index (χ1) is 5.70. The zero-order valence-electron chi connectivity index (χ0n) is 7.78. The highest BCUT2D eigenvalue weighted by Crippen LogP contribution is 2.02. The van der Waals surface area contributed by atoms with Crippen LogP contribution in [0.2, 0.25) is 0 Å². The standard InChI is InChI=1S/C9H15N3/c1-8(12(2)3)11-9-6-4-5-7-10-9/h4-8H,1-3H3,(H,10,11). The van der Waals surface area contributed by atoms with E-state index in [0.717, 1.165) is 5.82 Å². The first-order valence-corrected chi connectivity index (χ1v) is 4.04. The second-order valence-electron chi connectivity index (χ2n) is 3.00. The van der Waals surface area contributed by atoms with Gasteiger partial charge >= 0.3 is 0 Å². The van der Waals surface area contributed by atoms with E-state index in [-0.39, 0.29) is 0 Å². The van der Waals surface area contributed by atoms with Gasteiger partial charge in [0, 0.05) is 6.20 Å². The van der Waals surface area contributed by atoms with Crippen LogP contribution in [0.15, 0.2) is 24.4 Å². The number of nitrogens with one attached hydrogen (secondary N) is 1. The zero-order chi connectivity index (χ0) is 8.97. The Morgan fingerprint density at radius 3 is 2.67 bits per heavy atom. The molecule has 0 saturated heterocycles. The van der Waals surface area contributed by atoms with Gasteiger partial charge in [0.2, 0.25) is 0 Å². The third-order valence-electron chi connectivity index (χ3n) is 1.80. The summed E-state index contributed by atoms with van der Waals surface area (Å²) in [5, 5.41) is 3.26. The minimum absolute atomic E-state index is 0.305. The van der Waals surface area contributed by atoms with Crippen molar-refractivity contribution < 1.29 is 0 Å². The van der Waals surface area contributed by atoms with E-state index in [1.54, 1.807) is 6.20 Å².